The van der Waals surface area contributed by atoms with Crippen LogP contribution in [0, 0.1) is 0 Å². The third-order valence-corrected chi connectivity index (χ3v) is 7.14. The molecule has 178 valence electrons. The maximum atomic E-state index is 12.8. The fourth-order valence-corrected chi connectivity index (χ4v) is 5.01. The van der Waals surface area contributed by atoms with Gasteiger partial charge in [-0.3, -0.25) is 14.6 Å². The lowest BCUT2D eigenvalue weighted by atomic mass is 9.92. The zero-order valence-corrected chi connectivity index (χ0v) is 22.3. The van der Waals surface area contributed by atoms with E-state index in [2.05, 4.69) is 74.6 Å². The normalized spacial score (nSPS) is 20.8. The van der Waals surface area contributed by atoms with E-state index in [-0.39, 0.29) is 17.7 Å². The first-order chi connectivity index (χ1) is 15.9. The van der Waals surface area contributed by atoms with Gasteiger partial charge in [-0.05, 0) is 67.2 Å². The molecule has 0 radical (unpaired) electrons. The number of phenols is 1. The van der Waals surface area contributed by atoms with Crippen molar-refractivity contribution >= 4 is 28.5 Å². The summed E-state index contributed by atoms with van der Waals surface area (Å²) >= 11 is 2.28. The Bertz CT molecular complexity index is 943. The number of phenolic OH excluding ortho intramolecular Hbond substituents is 1. The highest BCUT2D eigenvalue weighted by molar-refractivity contribution is 14.1. The first kappa shape index (κ1) is 25.7. The Morgan fingerprint density at radius 1 is 1.09 bits per heavy atom. The molecule has 1 aliphatic rings. The lowest BCUT2D eigenvalue weighted by Crippen LogP contribution is -2.57. The number of carbonyl (C=O) groups is 1. The van der Waals surface area contributed by atoms with E-state index in [0.29, 0.717) is 30.7 Å². The van der Waals surface area contributed by atoms with Crippen molar-refractivity contribution in [3.8, 4) is 5.75 Å². The monoisotopic (exact) mass is 559 g/mol. The highest BCUT2D eigenvalue weighted by atomic mass is 125. The molecule has 0 bridgehead atoms. The lowest BCUT2D eigenvalue weighted by Gasteiger charge is -2.47. The molecule has 1 amide bonds. The molecule has 3 atom stereocenters. The quantitative estimate of drug-likeness (QED) is 0.446. The van der Waals surface area contributed by atoms with E-state index < -0.39 is 0 Å². The molecule has 1 heterocycles. The van der Waals surface area contributed by atoms with Crippen molar-refractivity contribution in [2.45, 2.75) is 45.8 Å². The van der Waals surface area contributed by atoms with E-state index in [1.807, 2.05) is 43.0 Å². The second kappa shape index (κ2) is 12.0. The third-order valence-electron chi connectivity index (χ3n) is 6.63. The molecule has 1 fully saturated rings. The Hall–Kier alpha value is -1.90. The predicted molar refractivity (Wildman–Crippen MR) is 144 cm³/mol. The van der Waals surface area contributed by atoms with E-state index >= 15 is 0 Å². The van der Waals surface area contributed by atoms with Gasteiger partial charge in [-0.1, -0.05) is 52.9 Å². The number of hydrogen-bond acceptors (Lipinski definition) is 4. The maximum absolute atomic E-state index is 12.8. The van der Waals surface area contributed by atoms with Gasteiger partial charge >= 0.3 is 0 Å². The minimum absolute atomic E-state index is 0.00872. The highest BCUT2D eigenvalue weighted by Gasteiger charge is 2.34. The van der Waals surface area contributed by atoms with Gasteiger partial charge in [0.15, 0.2) is 0 Å². The van der Waals surface area contributed by atoms with Gasteiger partial charge in [0, 0.05) is 50.4 Å². The van der Waals surface area contributed by atoms with Crippen LogP contribution in [0.4, 0.5) is 0 Å². The lowest BCUT2D eigenvalue weighted by molar-refractivity contribution is 0.0306. The van der Waals surface area contributed by atoms with Gasteiger partial charge in [-0.15, -0.1) is 0 Å². The Balaban J connectivity index is 1.94. The average molecular weight is 560 g/mol. The van der Waals surface area contributed by atoms with E-state index in [9.17, 15) is 9.90 Å². The molecule has 1 aliphatic heterocycles. The standard InChI is InChI=1S/C27H36IN3O2/c1-5-29(6-2)27(33)23-13-11-22(12-14-23)26(24-9-7-10-25(32)17-24)31-19-20(3)30(16-8-15-28)18-21(31)4/h7-15,17,20-21,26,32H,5-6,16,18-19H2,1-4H3/b15-8+/t20-,21+,26-/m1/s1/i28-2. The molecule has 5 nitrogen and oxygen atoms in total. The largest absolute Gasteiger partial charge is 0.508 e. The molecule has 1 saturated heterocycles. The number of carbonyl (C=O) groups excluding carboxylic acids is 1. The second-order valence-corrected chi connectivity index (χ2v) is 9.53. The number of piperazine rings is 1. The Labute approximate surface area is 212 Å². The summed E-state index contributed by atoms with van der Waals surface area (Å²) in [4.78, 5) is 19.7. The summed E-state index contributed by atoms with van der Waals surface area (Å²) in [5.74, 6) is 0.344. The predicted octanol–water partition coefficient (Wildman–Crippen LogP) is 5.31. The van der Waals surface area contributed by atoms with E-state index in [1.165, 1.54) is 0 Å². The van der Waals surface area contributed by atoms with Crippen molar-refractivity contribution in [1.82, 2.24) is 14.7 Å². The summed E-state index contributed by atoms with van der Waals surface area (Å²) < 4.78 is 2.08. The number of hydrogen-bond donors (Lipinski definition) is 1. The van der Waals surface area contributed by atoms with Crippen molar-refractivity contribution < 1.29 is 9.90 Å². The van der Waals surface area contributed by atoms with Crippen molar-refractivity contribution in [2.75, 3.05) is 32.7 Å². The van der Waals surface area contributed by atoms with Crippen LogP contribution in [0.15, 0.2) is 58.7 Å². The molecule has 6 heteroatoms. The number of aromatic hydroxyl groups is 1. The summed E-state index contributed by atoms with van der Waals surface area (Å²) in [7, 11) is 0. The van der Waals surface area contributed by atoms with Crippen LogP contribution >= 0.6 is 22.6 Å². The molecular weight excluding hydrogens is 523 g/mol. The summed E-state index contributed by atoms with van der Waals surface area (Å²) in [5.41, 5.74) is 2.92. The Morgan fingerprint density at radius 3 is 2.39 bits per heavy atom. The minimum atomic E-state index is 0.00872. The molecule has 0 saturated carbocycles. The van der Waals surface area contributed by atoms with E-state index in [0.717, 1.165) is 30.8 Å². The molecule has 0 unspecified atom stereocenters. The number of halogens is 1. The van der Waals surface area contributed by atoms with Crippen molar-refractivity contribution in [3.05, 3.63) is 75.4 Å². The Morgan fingerprint density at radius 2 is 1.79 bits per heavy atom. The molecule has 0 aliphatic carbocycles. The summed E-state index contributed by atoms with van der Waals surface area (Å²) in [6.45, 7) is 12.8. The zero-order chi connectivity index (χ0) is 24.0. The highest BCUT2D eigenvalue weighted by Crippen LogP contribution is 2.34. The van der Waals surface area contributed by atoms with Crippen LogP contribution < -0.4 is 0 Å². The van der Waals surface area contributed by atoms with Gasteiger partial charge < -0.3 is 10.0 Å². The molecule has 0 spiro atoms. The van der Waals surface area contributed by atoms with E-state index in [4.69, 9.17) is 0 Å². The van der Waals surface area contributed by atoms with Crippen molar-refractivity contribution in [1.29, 1.82) is 0 Å². The van der Waals surface area contributed by atoms with Gasteiger partial charge in [-0.25, -0.2) is 0 Å². The molecular formula is C27H36IN3O2. The molecule has 3 rings (SSSR count). The molecule has 33 heavy (non-hydrogen) atoms. The molecule has 0 aromatic heterocycles. The van der Waals surface area contributed by atoms with Crippen molar-refractivity contribution in [2.24, 2.45) is 0 Å². The van der Waals surface area contributed by atoms with Gasteiger partial charge in [-0.2, -0.15) is 0 Å². The minimum Gasteiger partial charge on any atom is -0.508 e. The Kier molecular flexibility index (Phi) is 9.35. The first-order valence-corrected chi connectivity index (χ1v) is 13.1. The summed E-state index contributed by atoms with van der Waals surface area (Å²) in [6.07, 6.45) is 2.21. The van der Waals surface area contributed by atoms with Crippen LogP contribution in [0.3, 0.4) is 0 Å². The number of amides is 1. The van der Waals surface area contributed by atoms with Gasteiger partial charge in [0.05, 0.1) is 6.04 Å². The van der Waals surface area contributed by atoms with Crippen LogP contribution in [-0.4, -0.2) is 70.5 Å². The number of rotatable bonds is 8. The van der Waals surface area contributed by atoms with Crippen LogP contribution in [-0.2, 0) is 0 Å². The van der Waals surface area contributed by atoms with Crippen molar-refractivity contribution in [3.63, 3.8) is 0 Å². The first-order valence-electron chi connectivity index (χ1n) is 11.8. The average Bonchev–Trinajstić information content (AvgIpc) is 2.81. The molecule has 1 N–H and O–H groups in total. The van der Waals surface area contributed by atoms with Crippen LogP contribution in [0.2, 0.25) is 0 Å². The van der Waals surface area contributed by atoms with Gasteiger partial charge in [0.2, 0.25) is 0 Å². The van der Waals surface area contributed by atoms with E-state index in [1.54, 1.807) is 6.07 Å². The summed E-state index contributed by atoms with van der Waals surface area (Å²) in [6, 6.07) is 16.4. The fraction of sp³-hybridized carbons (Fsp3) is 0.444. The van der Waals surface area contributed by atoms with Gasteiger partial charge in [0.1, 0.15) is 5.75 Å². The SMILES string of the molecule is CCN(CC)C(=O)c1ccc([C@H](c2cccc(O)c2)N2C[C@@H](C)N(C/C=C/[125I])C[C@@H]2C)cc1. The number of nitrogens with zero attached hydrogens (tertiary/aromatic N) is 3. The van der Waals surface area contributed by atoms with Crippen LogP contribution in [0.25, 0.3) is 0 Å². The van der Waals surface area contributed by atoms with Crippen LogP contribution in [0.1, 0.15) is 55.2 Å². The number of benzene rings is 2. The smallest absolute Gasteiger partial charge is 0.253 e. The molecule has 2 aromatic rings. The fourth-order valence-electron chi connectivity index (χ4n) is 4.79. The molecule has 2 aromatic carbocycles. The van der Waals surface area contributed by atoms with Crippen LogP contribution in [0.5, 0.6) is 5.75 Å². The third kappa shape index (κ3) is 6.16. The topological polar surface area (TPSA) is 47.0 Å². The second-order valence-electron chi connectivity index (χ2n) is 8.81. The van der Waals surface area contributed by atoms with Gasteiger partial charge in [0.25, 0.3) is 5.91 Å². The maximum Gasteiger partial charge on any atom is 0.253 e. The summed E-state index contributed by atoms with van der Waals surface area (Å²) in [5, 5.41) is 10.2. The zero-order valence-electron chi connectivity index (χ0n) is 20.1.